The number of hydrogen-bond donors (Lipinski definition) is 0. The lowest BCUT2D eigenvalue weighted by Gasteiger charge is -1.89. The summed E-state index contributed by atoms with van der Waals surface area (Å²) in [5, 5.41) is 0. The van der Waals surface area contributed by atoms with Crippen LogP contribution in [0.15, 0.2) is 30.9 Å². The molecule has 0 atom stereocenters. The molecule has 0 aliphatic rings. The predicted octanol–water partition coefficient (Wildman–Crippen LogP) is 2.15. The van der Waals surface area contributed by atoms with Crippen molar-refractivity contribution in [1.82, 2.24) is 14.4 Å². The molecule has 0 aliphatic carbocycles. The smallest absolute Gasteiger partial charge is 0.155 e. The van der Waals surface area contributed by atoms with E-state index in [-0.39, 0.29) is 0 Å². The van der Waals surface area contributed by atoms with Crippen molar-refractivity contribution in [3.63, 3.8) is 0 Å². The zero-order valence-corrected chi connectivity index (χ0v) is 7.73. The lowest BCUT2D eigenvalue weighted by Crippen LogP contribution is -1.81. The number of rotatable bonds is 1. The molecule has 0 aromatic carbocycles. The Labute approximate surface area is 76.8 Å². The van der Waals surface area contributed by atoms with Gasteiger partial charge in [-0.05, 0) is 19.4 Å². The number of hydrogen-bond acceptors (Lipinski definition) is 2. The lowest BCUT2D eigenvalue weighted by molar-refractivity contribution is 1.13. The van der Waals surface area contributed by atoms with E-state index >= 15 is 0 Å². The van der Waals surface area contributed by atoms with Gasteiger partial charge in [-0.25, -0.2) is 4.98 Å². The molecule has 0 amide bonds. The minimum atomic E-state index is 0.888. The highest BCUT2D eigenvalue weighted by atomic mass is 15.0. The van der Waals surface area contributed by atoms with Crippen molar-refractivity contribution >= 4 is 11.2 Å². The van der Waals surface area contributed by atoms with E-state index in [4.69, 9.17) is 0 Å². The quantitative estimate of drug-likeness (QED) is 0.661. The highest BCUT2D eigenvalue weighted by Gasteiger charge is 2.00. The third kappa shape index (κ3) is 1.33. The fourth-order valence-electron chi connectivity index (χ4n) is 1.18. The highest BCUT2D eigenvalue weighted by molar-refractivity contribution is 5.62. The first kappa shape index (κ1) is 7.98. The SMILES string of the molecule is C/C=C(\C)c1cn2ccncc2n1. The van der Waals surface area contributed by atoms with Crippen molar-refractivity contribution in [2.75, 3.05) is 0 Å². The van der Waals surface area contributed by atoms with Crippen LogP contribution < -0.4 is 0 Å². The minimum Gasteiger partial charge on any atom is -0.304 e. The first-order chi connectivity index (χ1) is 6.31. The van der Waals surface area contributed by atoms with Crippen molar-refractivity contribution in [3.05, 3.63) is 36.6 Å². The summed E-state index contributed by atoms with van der Waals surface area (Å²) in [4.78, 5) is 8.42. The zero-order valence-electron chi connectivity index (χ0n) is 7.73. The fraction of sp³-hybridized carbons (Fsp3) is 0.200. The van der Waals surface area contributed by atoms with Gasteiger partial charge in [-0.15, -0.1) is 0 Å². The van der Waals surface area contributed by atoms with Crippen LogP contribution >= 0.6 is 0 Å². The van der Waals surface area contributed by atoms with E-state index in [9.17, 15) is 0 Å². The topological polar surface area (TPSA) is 30.2 Å². The average molecular weight is 173 g/mol. The Morgan fingerprint density at radius 3 is 3.08 bits per heavy atom. The fourth-order valence-corrected chi connectivity index (χ4v) is 1.18. The van der Waals surface area contributed by atoms with E-state index in [2.05, 4.69) is 23.0 Å². The second-order valence-electron chi connectivity index (χ2n) is 2.94. The van der Waals surface area contributed by atoms with Crippen LogP contribution in [0.1, 0.15) is 19.5 Å². The molecule has 0 saturated carbocycles. The second-order valence-corrected chi connectivity index (χ2v) is 2.94. The van der Waals surface area contributed by atoms with E-state index in [1.807, 2.05) is 23.7 Å². The van der Waals surface area contributed by atoms with Crippen LogP contribution in [0.5, 0.6) is 0 Å². The average Bonchev–Trinajstić information content (AvgIpc) is 2.59. The van der Waals surface area contributed by atoms with Crippen molar-refractivity contribution in [2.24, 2.45) is 0 Å². The van der Waals surface area contributed by atoms with E-state index in [0.717, 1.165) is 11.3 Å². The summed E-state index contributed by atoms with van der Waals surface area (Å²) < 4.78 is 1.97. The Morgan fingerprint density at radius 2 is 2.38 bits per heavy atom. The molecular weight excluding hydrogens is 162 g/mol. The predicted molar refractivity (Wildman–Crippen MR) is 52.3 cm³/mol. The molecule has 2 aromatic heterocycles. The Hall–Kier alpha value is -1.64. The van der Waals surface area contributed by atoms with E-state index in [1.165, 1.54) is 5.57 Å². The molecule has 0 saturated heterocycles. The van der Waals surface area contributed by atoms with Crippen LogP contribution in [0, 0.1) is 0 Å². The molecule has 2 aromatic rings. The summed E-state index contributed by atoms with van der Waals surface area (Å²) in [6.45, 7) is 4.06. The third-order valence-corrected chi connectivity index (χ3v) is 2.10. The van der Waals surface area contributed by atoms with Gasteiger partial charge in [0.05, 0.1) is 11.9 Å². The number of imidazole rings is 1. The molecule has 13 heavy (non-hydrogen) atoms. The van der Waals surface area contributed by atoms with Crippen molar-refractivity contribution < 1.29 is 0 Å². The van der Waals surface area contributed by atoms with Gasteiger partial charge in [-0.2, -0.15) is 0 Å². The van der Waals surface area contributed by atoms with Gasteiger partial charge in [0.1, 0.15) is 0 Å². The van der Waals surface area contributed by atoms with Gasteiger partial charge in [0, 0.05) is 18.6 Å². The maximum Gasteiger partial charge on any atom is 0.155 e. The Balaban J connectivity index is 2.62. The molecule has 0 fully saturated rings. The molecule has 3 heteroatoms. The molecular formula is C10H11N3. The van der Waals surface area contributed by atoms with Gasteiger partial charge < -0.3 is 4.40 Å². The first-order valence-electron chi connectivity index (χ1n) is 4.23. The largest absolute Gasteiger partial charge is 0.304 e. The van der Waals surface area contributed by atoms with Gasteiger partial charge in [-0.1, -0.05) is 6.08 Å². The monoisotopic (exact) mass is 173 g/mol. The molecule has 0 N–H and O–H groups in total. The summed E-state index contributed by atoms with van der Waals surface area (Å²) in [7, 11) is 0. The second kappa shape index (κ2) is 3.01. The molecule has 3 nitrogen and oxygen atoms in total. The molecule has 66 valence electrons. The summed E-state index contributed by atoms with van der Waals surface area (Å²) in [6.07, 6.45) is 9.46. The number of aromatic nitrogens is 3. The minimum absolute atomic E-state index is 0.888. The lowest BCUT2D eigenvalue weighted by atomic mass is 10.2. The number of nitrogens with zero attached hydrogens (tertiary/aromatic N) is 3. The van der Waals surface area contributed by atoms with Crippen LogP contribution in [-0.4, -0.2) is 14.4 Å². The van der Waals surface area contributed by atoms with Gasteiger partial charge in [-0.3, -0.25) is 4.98 Å². The van der Waals surface area contributed by atoms with Crippen LogP contribution in [-0.2, 0) is 0 Å². The van der Waals surface area contributed by atoms with Gasteiger partial charge in [0.2, 0.25) is 0 Å². The van der Waals surface area contributed by atoms with Crippen molar-refractivity contribution in [2.45, 2.75) is 13.8 Å². The molecule has 0 radical (unpaired) electrons. The van der Waals surface area contributed by atoms with Crippen LogP contribution in [0.25, 0.3) is 11.2 Å². The molecule has 0 bridgehead atoms. The third-order valence-electron chi connectivity index (χ3n) is 2.10. The van der Waals surface area contributed by atoms with E-state index in [1.54, 1.807) is 12.4 Å². The van der Waals surface area contributed by atoms with Crippen LogP contribution in [0.4, 0.5) is 0 Å². The van der Waals surface area contributed by atoms with E-state index < -0.39 is 0 Å². The van der Waals surface area contributed by atoms with Crippen molar-refractivity contribution in [3.8, 4) is 0 Å². The summed E-state index contributed by atoms with van der Waals surface area (Å²) in [5.41, 5.74) is 3.08. The molecule has 0 aliphatic heterocycles. The Kier molecular flexibility index (Phi) is 1.85. The molecule has 0 unspecified atom stereocenters. The van der Waals surface area contributed by atoms with Crippen molar-refractivity contribution in [1.29, 1.82) is 0 Å². The summed E-state index contributed by atoms with van der Waals surface area (Å²) >= 11 is 0. The molecule has 2 rings (SSSR count). The zero-order chi connectivity index (χ0) is 9.26. The summed E-state index contributed by atoms with van der Waals surface area (Å²) in [5.74, 6) is 0. The van der Waals surface area contributed by atoms with Gasteiger partial charge in [0.25, 0.3) is 0 Å². The van der Waals surface area contributed by atoms with Crippen LogP contribution in [0.3, 0.4) is 0 Å². The Morgan fingerprint density at radius 1 is 1.54 bits per heavy atom. The Bertz CT molecular complexity index is 421. The standard InChI is InChI=1S/C10H11N3/c1-3-8(2)9-7-13-5-4-11-6-10(13)12-9/h3-7H,1-2H3/b8-3+. The van der Waals surface area contributed by atoms with Crippen LogP contribution in [0.2, 0.25) is 0 Å². The normalized spacial score (nSPS) is 12.3. The summed E-state index contributed by atoms with van der Waals surface area (Å²) in [6, 6.07) is 0. The van der Waals surface area contributed by atoms with Gasteiger partial charge in [0.15, 0.2) is 5.65 Å². The number of allylic oxidation sites excluding steroid dienone is 2. The first-order valence-corrected chi connectivity index (χ1v) is 4.23. The van der Waals surface area contributed by atoms with E-state index in [0.29, 0.717) is 0 Å². The maximum absolute atomic E-state index is 4.42. The molecule has 2 heterocycles. The highest BCUT2D eigenvalue weighted by Crippen LogP contribution is 2.12. The van der Waals surface area contributed by atoms with Gasteiger partial charge >= 0.3 is 0 Å². The number of fused-ring (bicyclic) bond motifs is 1. The molecule has 0 spiro atoms. The maximum atomic E-state index is 4.42.